The van der Waals surface area contributed by atoms with Crippen LogP contribution in [0.5, 0.6) is 5.75 Å². The minimum Gasteiger partial charge on any atom is -0.482 e. The molecule has 1 fully saturated rings. The van der Waals surface area contributed by atoms with Gasteiger partial charge in [-0.15, -0.1) is 11.3 Å². The fourth-order valence-electron chi connectivity index (χ4n) is 5.66. The van der Waals surface area contributed by atoms with Crippen molar-refractivity contribution in [3.8, 4) is 17.1 Å². The van der Waals surface area contributed by atoms with Gasteiger partial charge in [0.25, 0.3) is 5.91 Å². The van der Waals surface area contributed by atoms with E-state index in [1.807, 2.05) is 48.7 Å². The normalized spacial score (nSPS) is 14.6. The van der Waals surface area contributed by atoms with Crippen LogP contribution in [0.2, 0.25) is 0 Å². The Hall–Kier alpha value is -4.44. The van der Waals surface area contributed by atoms with Crippen molar-refractivity contribution in [1.82, 2.24) is 19.9 Å². The summed E-state index contributed by atoms with van der Waals surface area (Å²) in [6.45, 7) is 1.54. The molecule has 2 N–H and O–H groups in total. The number of ether oxygens (including phenoxy) is 1. The molecule has 5 aromatic rings. The van der Waals surface area contributed by atoms with Crippen LogP contribution in [0.15, 0.2) is 70.9 Å². The Bertz CT molecular complexity index is 1680. The van der Waals surface area contributed by atoms with Crippen molar-refractivity contribution in [2.24, 2.45) is 0 Å². The number of aryl methyl sites for hydroxylation is 1. The summed E-state index contributed by atoms with van der Waals surface area (Å²) >= 11 is 1.54. The number of carbonyl (C=O) groups is 2. The third-order valence-electron chi connectivity index (χ3n) is 7.70. The largest absolute Gasteiger partial charge is 0.482 e. The van der Waals surface area contributed by atoms with Gasteiger partial charge in [-0.2, -0.15) is 0 Å². The number of aliphatic carboxylic acids is 1. The maximum atomic E-state index is 13.6. The Balaban J connectivity index is 1.26. The van der Waals surface area contributed by atoms with Crippen LogP contribution in [0.4, 0.5) is 0 Å². The number of nitrogens with zero attached hydrogens (tertiary/aromatic N) is 3. The standard InChI is InChI=1S/C32H32N4O5S/c1-20-33-28(19-42-20)26(15-21-7-10-25(11-8-21)41-18-30(37)38)35-32(39)22-9-12-29-27(16-22)34-31(23-13-14-40-17-23)36(29)24-5-3-2-4-6-24/h7-14,16-17,19,24,26H,2-6,15,18H2,1H3,(H,35,39)(H,37,38). The van der Waals surface area contributed by atoms with Crippen LogP contribution in [0.25, 0.3) is 22.4 Å². The summed E-state index contributed by atoms with van der Waals surface area (Å²) < 4.78 is 13.0. The topological polar surface area (TPSA) is 119 Å². The molecule has 6 rings (SSSR count). The molecule has 2 aromatic carbocycles. The first kappa shape index (κ1) is 27.7. The number of hydrogen-bond acceptors (Lipinski definition) is 7. The zero-order valence-electron chi connectivity index (χ0n) is 23.3. The van der Waals surface area contributed by atoms with Crippen LogP contribution in [-0.4, -0.2) is 38.1 Å². The predicted octanol–water partition coefficient (Wildman–Crippen LogP) is 6.74. The van der Waals surface area contributed by atoms with Gasteiger partial charge in [0.15, 0.2) is 6.61 Å². The molecule has 9 nitrogen and oxygen atoms in total. The molecule has 0 bridgehead atoms. The van der Waals surface area contributed by atoms with Gasteiger partial charge < -0.3 is 24.1 Å². The van der Waals surface area contributed by atoms with Crippen molar-refractivity contribution in [2.75, 3.05) is 6.61 Å². The second-order valence-corrected chi connectivity index (χ2v) is 11.7. The first-order valence-corrected chi connectivity index (χ1v) is 15.0. The second kappa shape index (κ2) is 12.2. The molecule has 3 heterocycles. The Morgan fingerprint density at radius 3 is 2.62 bits per heavy atom. The van der Waals surface area contributed by atoms with Crippen molar-refractivity contribution < 1.29 is 23.8 Å². The van der Waals surface area contributed by atoms with E-state index >= 15 is 0 Å². The lowest BCUT2D eigenvalue weighted by molar-refractivity contribution is -0.139. The van der Waals surface area contributed by atoms with E-state index in [9.17, 15) is 9.59 Å². The smallest absolute Gasteiger partial charge is 0.341 e. The molecule has 1 unspecified atom stereocenters. The van der Waals surface area contributed by atoms with Gasteiger partial charge in [0.1, 0.15) is 17.8 Å². The molecule has 1 aliphatic rings. The number of carboxylic acids is 1. The molecule has 1 amide bonds. The highest BCUT2D eigenvalue weighted by atomic mass is 32.1. The lowest BCUT2D eigenvalue weighted by Gasteiger charge is -2.25. The quantitative estimate of drug-likeness (QED) is 0.186. The SMILES string of the molecule is Cc1nc(C(Cc2ccc(OCC(=O)O)cc2)NC(=O)c2ccc3c(c2)nc(-c2ccoc2)n3C2CCCCC2)cs1. The first-order chi connectivity index (χ1) is 20.4. The summed E-state index contributed by atoms with van der Waals surface area (Å²) in [7, 11) is 0. The van der Waals surface area contributed by atoms with Gasteiger partial charge in [0.05, 0.1) is 39.6 Å². The van der Waals surface area contributed by atoms with E-state index in [0.717, 1.165) is 51.5 Å². The number of fused-ring (bicyclic) bond motifs is 1. The molecule has 1 atom stereocenters. The number of carbonyl (C=O) groups excluding carboxylic acids is 1. The van der Waals surface area contributed by atoms with Crippen molar-refractivity contribution in [2.45, 2.75) is 57.5 Å². The molecule has 0 radical (unpaired) electrons. The van der Waals surface area contributed by atoms with Crippen LogP contribution in [0.3, 0.4) is 0 Å². The average molecular weight is 585 g/mol. The van der Waals surface area contributed by atoms with Gasteiger partial charge in [-0.1, -0.05) is 31.4 Å². The van der Waals surface area contributed by atoms with E-state index in [1.165, 1.54) is 30.6 Å². The maximum absolute atomic E-state index is 13.6. The first-order valence-electron chi connectivity index (χ1n) is 14.2. The lowest BCUT2D eigenvalue weighted by atomic mass is 9.95. The molecular formula is C32H32N4O5S. The van der Waals surface area contributed by atoms with Gasteiger partial charge in [-0.25, -0.2) is 14.8 Å². The van der Waals surface area contributed by atoms with Crippen molar-refractivity contribution in [3.05, 3.63) is 88.3 Å². The Morgan fingerprint density at radius 2 is 1.93 bits per heavy atom. The van der Waals surface area contributed by atoms with E-state index in [2.05, 4.69) is 14.9 Å². The van der Waals surface area contributed by atoms with Gasteiger partial charge in [-0.3, -0.25) is 4.79 Å². The molecule has 0 spiro atoms. The number of carboxylic acid groups (broad SMARTS) is 1. The van der Waals surface area contributed by atoms with Crippen LogP contribution in [-0.2, 0) is 11.2 Å². The van der Waals surface area contributed by atoms with Crippen molar-refractivity contribution in [3.63, 3.8) is 0 Å². The van der Waals surface area contributed by atoms with Gasteiger partial charge in [0, 0.05) is 17.0 Å². The number of furan rings is 1. The predicted molar refractivity (Wildman–Crippen MR) is 160 cm³/mol. The van der Waals surface area contributed by atoms with Crippen molar-refractivity contribution >= 4 is 34.2 Å². The Labute approximate surface area is 247 Å². The number of aromatic nitrogens is 3. The number of amides is 1. The molecule has 3 aromatic heterocycles. The monoisotopic (exact) mass is 584 g/mol. The number of imidazole rings is 1. The van der Waals surface area contributed by atoms with Gasteiger partial charge in [-0.05, 0) is 68.1 Å². The summed E-state index contributed by atoms with van der Waals surface area (Å²) in [6, 6.07) is 14.9. The molecule has 1 aliphatic carbocycles. The molecule has 42 heavy (non-hydrogen) atoms. The van der Waals surface area contributed by atoms with Crippen molar-refractivity contribution in [1.29, 1.82) is 0 Å². The van der Waals surface area contributed by atoms with Crippen LogP contribution >= 0.6 is 11.3 Å². The summed E-state index contributed by atoms with van der Waals surface area (Å²) in [5.74, 6) is 0.111. The lowest BCUT2D eigenvalue weighted by Crippen LogP contribution is -2.30. The molecule has 216 valence electrons. The van der Waals surface area contributed by atoms with Crippen LogP contribution in [0.1, 0.15) is 70.8 Å². The maximum Gasteiger partial charge on any atom is 0.341 e. The number of thiazole rings is 1. The van der Waals surface area contributed by atoms with Crippen LogP contribution in [0, 0.1) is 6.92 Å². The zero-order valence-corrected chi connectivity index (χ0v) is 24.1. The molecular weight excluding hydrogens is 552 g/mol. The third kappa shape index (κ3) is 6.08. The third-order valence-corrected chi connectivity index (χ3v) is 8.49. The zero-order chi connectivity index (χ0) is 29.1. The van der Waals surface area contributed by atoms with E-state index < -0.39 is 12.6 Å². The summed E-state index contributed by atoms with van der Waals surface area (Å²) in [4.78, 5) is 34.1. The molecule has 0 saturated heterocycles. The summed E-state index contributed by atoms with van der Waals surface area (Å²) in [6.07, 6.45) is 9.78. The number of nitrogens with one attached hydrogen (secondary N) is 1. The molecule has 1 saturated carbocycles. The molecule has 0 aliphatic heterocycles. The summed E-state index contributed by atoms with van der Waals surface area (Å²) in [5.41, 5.74) is 5.01. The van der Waals surface area contributed by atoms with E-state index in [1.54, 1.807) is 24.7 Å². The fraction of sp³-hybridized carbons (Fsp3) is 0.312. The van der Waals surface area contributed by atoms with Gasteiger partial charge in [0.2, 0.25) is 0 Å². The van der Waals surface area contributed by atoms with E-state index in [4.69, 9.17) is 19.2 Å². The highest BCUT2D eigenvalue weighted by molar-refractivity contribution is 7.09. The number of hydrogen-bond donors (Lipinski definition) is 2. The Kier molecular flexibility index (Phi) is 8.05. The highest BCUT2D eigenvalue weighted by Crippen LogP contribution is 2.36. The molecule has 10 heteroatoms. The number of benzene rings is 2. The Morgan fingerprint density at radius 1 is 1.12 bits per heavy atom. The minimum absolute atomic E-state index is 0.203. The van der Waals surface area contributed by atoms with Gasteiger partial charge >= 0.3 is 5.97 Å². The second-order valence-electron chi connectivity index (χ2n) is 10.7. The van der Waals surface area contributed by atoms with Crippen LogP contribution < -0.4 is 10.1 Å². The van der Waals surface area contributed by atoms with E-state index in [0.29, 0.717) is 23.8 Å². The minimum atomic E-state index is -1.03. The average Bonchev–Trinajstić information content (AvgIpc) is 3.76. The highest BCUT2D eigenvalue weighted by Gasteiger charge is 2.24. The number of rotatable bonds is 10. The fourth-order valence-corrected chi connectivity index (χ4v) is 6.32. The summed E-state index contributed by atoms with van der Waals surface area (Å²) in [5, 5.41) is 14.9. The van der Waals surface area contributed by atoms with E-state index in [-0.39, 0.29) is 11.9 Å².